The summed E-state index contributed by atoms with van der Waals surface area (Å²) in [6.07, 6.45) is -1.08. The van der Waals surface area contributed by atoms with Gasteiger partial charge < -0.3 is 10.2 Å². The van der Waals surface area contributed by atoms with E-state index in [4.69, 9.17) is 10.2 Å². The minimum absolute atomic E-state index is 0.348. The predicted octanol–water partition coefficient (Wildman–Crippen LogP) is 3.05. The molecule has 1 aromatic heterocycles. The number of nitrogens with two attached hydrogens (primary N) is 1. The smallest absolute Gasteiger partial charge is 0.155 e. The SMILES string of the molecule is CC(F)c1cc2ccc(N)cc2o1. The molecule has 0 saturated carbocycles. The summed E-state index contributed by atoms with van der Waals surface area (Å²) in [5, 5.41) is 0.883. The molecule has 0 radical (unpaired) electrons. The van der Waals surface area contributed by atoms with E-state index in [-0.39, 0.29) is 0 Å². The number of hydrogen-bond donors (Lipinski definition) is 1. The summed E-state index contributed by atoms with van der Waals surface area (Å²) in [5.41, 5.74) is 6.82. The van der Waals surface area contributed by atoms with E-state index in [9.17, 15) is 4.39 Å². The number of hydrogen-bond acceptors (Lipinski definition) is 2. The topological polar surface area (TPSA) is 39.2 Å². The first kappa shape index (κ1) is 8.10. The lowest BCUT2D eigenvalue weighted by Gasteiger charge is -1.92. The van der Waals surface area contributed by atoms with Gasteiger partial charge in [-0.25, -0.2) is 4.39 Å². The van der Waals surface area contributed by atoms with E-state index >= 15 is 0 Å². The third kappa shape index (κ3) is 1.37. The van der Waals surface area contributed by atoms with E-state index in [1.807, 2.05) is 6.07 Å². The van der Waals surface area contributed by atoms with Crippen molar-refractivity contribution in [3.63, 3.8) is 0 Å². The summed E-state index contributed by atoms with van der Waals surface area (Å²) in [6, 6.07) is 6.98. The van der Waals surface area contributed by atoms with Crippen LogP contribution in [0.3, 0.4) is 0 Å². The number of halogens is 1. The summed E-state index contributed by atoms with van der Waals surface area (Å²) in [6.45, 7) is 1.45. The highest BCUT2D eigenvalue weighted by atomic mass is 19.1. The van der Waals surface area contributed by atoms with Crippen molar-refractivity contribution in [2.75, 3.05) is 5.73 Å². The lowest BCUT2D eigenvalue weighted by atomic mass is 10.2. The molecule has 0 aliphatic carbocycles. The maximum atomic E-state index is 12.8. The van der Waals surface area contributed by atoms with Crippen LogP contribution in [0.15, 0.2) is 28.7 Å². The maximum absolute atomic E-state index is 12.8. The Balaban J connectivity index is 2.62. The third-order valence-electron chi connectivity index (χ3n) is 1.96. The van der Waals surface area contributed by atoms with Gasteiger partial charge in [-0.05, 0) is 25.1 Å². The van der Waals surface area contributed by atoms with E-state index in [0.29, 0.717) is 17.0 Å². The van der Waals surface area contributed by atoms with Crippen molar-refractivity contribution in [3.8, 4) is 0 Å². The van der Waals surface area contributed by atoms with Gasteiger partial charge in [0, 0.05) is 17.1 Å². The van der Waals surface area contributed by atoms with E-state index in [0.717, 1.165) is 5.39 Å². The van der Waals surface area contributed by atoms with Crippen LogP contribution in [0.1, 0.15) is 18.9 Å². The molecule has 2 N–H and O–H groups in total. The van der Waals surface area contributed by atoms with E-state index in [1.165, 1.54) is 6.92 Å². The Morgan fingerprint density at radius 3 is 2.85 bits per heavy atom. The molecule has 3 heteroatoms. The summed E-state index contributed by atoms with van der Waals surface area (Å²) in [4.78, 5) is 0. The van der Waals surface area contributed by atoms with Crippen LogP contribution < -0.4 is 5.73 Å². The van der Waals surface area contributed by atoms with Gasteiger partial charge in [0.1, 0.15) is 11.3 Å². The Hall–Kier alpha value is -1.51. The van der Waals surface area contributed by atoms with Crippen molar-refractivity contribution >= 4 is 16.7 Å². The van der Waals surface area contributed by atoms with E-state index in [1.54, 1.807) is 18.2 Å². The largest absolute Gasteiger partial charge is 0.458 e. The first-order chi connectivity index (χ1) is 6.16. The highest BCUT2D eigenvalue weighted by molar-refractivity contribution is 5.81. The molecule has 0 aliphatic heterocycles. The Labute approximate surface area is 75.1 Å². The molecule has 0 fully saturated rings. The molecule has 68 valence electrons. The molecule has 1 aromatic carbocycles. The van der Waals surface area contributed by atoms with Crippen LogP contribution >= 0.6 is 0 Å². The molecule has 2 aromatic rings. The number of fused-ring (bicyclic) bond motifs is 1. The summed E-state index contributed by atoms with van der Waals surface area (Å²) in [5.74, 6) is 0.348. The normalized spacial score (nSPS) is 13.4. The van der Waals surface area contributed by atoms with Gasteiger partial charge in [0.25, 0.3) is 0 Å². The molecule has 2 rings (SSSR count). The van der Waals surface area contributed by atoms with Gasteiger partial charge in [-0.1, -0.05) is 0 Å². The van der Waals surface area contributed by atoms with Crippen molar-refractivity contribution in [2.24, 2.45) is 0 Å². The lowest BCUT2D eigenvalue weighted by Crippen LogP contribution is -1.81. The predicted molar refractivity (Wildman–Crippen MR) is 50.1 cm³/mol. The fraction of sp³-hybridized carbons (Fsp3) is 0.200. The van der Waals surface area contributed by atoms with Gasteiger partial charge in [-0.15, -0.1) is 0 Å². The molecule has 1 atom stereocenters. The average Bonchev–Trinajstić information content (AvgIpc) is 2.46. The van der Waals surface area contributed by atoms with Crippen LogP contribution in [0.2, 0.25) is 0 Å². The molecule has 1 unspecified atom stereocenters. The zero-order valence-electron chi connectivity index (χ0n) is 7.25. The average molecular weight is 179 g/mol. The highest BCUT2D eigenvalue weighted by Gasteiger charge is 2.09. The Bertz CT molecular complexity index is 433. The molecule has 0 bridgehead atoms. The molecular weight excluding hydrogens is 169 g/mol. The first-order valence-electron chi connectivity index (χ1n) is 4.10. The molecule has 0 amide bonds. The molecule has 13 heavy (non-hydrogen) atoms. The quantitative estimate of drug-likeness (QED) is 0.683. The lowest BCUT2D eigenvalue weighted by molar-refractivity contribution is 0.317. The Morgan fingerprint density at radius 1 is 1.38 bits per heavy atom. The molecule has 2 nitrogen and oxygen atoms in total. The second kappa shape index (κ2) is 2.76. The van der Waals surface area contributed by atoms with E-state index < -0.39 is 6.17 Å². The van der Waals surface area contributed by atoms with Crippen LogP contribution in [0.4, 0.5) is 10.1 Å². The van der Waals surface area contributed by atoms with E-state index in [2.05, 4.69) is 0 Å². The van der Waals surface area contributed by atoms with Gasteiger partial charge in [0.15, 0.2) is 6.17 Å². The summed E-state index contributed by atoms with van der Waals surface area (Å²) >= 11 is 0. The standard InChI is InChI=1S/C10H10FNO/c1-6(11)9-4-7-2-3-8(12)5-10(7)13-9/h2-6H,12H2,1H3. The van der Waals surface area contributed by atoms with Crippen LogP contribution in [-0.2, 0) is 0 Å². The Morgan fingerprint density at radius 2 is 2.15 bits per heavy atom. The zero-order valence-corrected chi connectivity index (χ0v) is 7.25. The summed E-state index contributed by atoms with van der Waals surface area (Å²) < 4.78 is 18.1. The second-order valence-corrected chi connectivity index (χ2v) is 3.06. The van der Waals surface area contributed by atoms with Gasteiger partial charge in [-0.2, -0.15) is 0 Å². The van der Waals surface area contributed by atoms with Gasteiger partial charge in [0.05, 0.1) is 0 Å². The number of nitrogen functional groups attached to an aromatic ring is 1. The Kier molecular flexibility index (Phi) is 1.72. The van der Waals surface area contributed by atoms with Crippen molar-refractivity contribution in [1.29, 1.82) is 0 Å². The van der Waals surface area contributed by atoms with Crippen LogP contribution in [0, 0.1) is 0 Å². The van der Waals surface area contributed by atoms with Crippen LogP contribution in [0.25, 0.3) is 11.0 Å². The zero-order chi connectivity index (χ0) is 9.42. The highest BCUT2D eigenvalue weighted by Crippen LogP contribution is 2.26. The number of benzene rings is 1. The van der Waals surface area contributed by atoms with Crippen molar-refractivity contribution < 1.29 is 8.81 Å². The van der Waals surface area contributed by atoms with Gasteiger partial charge in [-0.3, -0.25) is 0 Å². The maximum Gasteiger partial charge on any atom is 0.155 e. The van der Waals surface area contributed by atoms with Crippen LogP contribution in [-0.4, -0.2) is 0 Å². The molecule has 0 saturated heterocycles. The first-order valence-corrected chi connectivity index (χ1v) is 4.10. The minimum Gasteiger partial charge on any atom is -0.458 e. The van der Waals surface area contributed by atoms with Crippen molar-refractivity contribution in [1.82, 2.24) is 0 Å². The van der Waals surface area contributed by atoms with Gasteiger partial charge >= 0.3 is 0 Å². The second-order valence-electron chi connectivity index (χ2n) is 3.06. The number of alkyl halides is 1. The van der Waals surface area contributed by atoms with Crippen LogP contribution in [0.5, 0.6) is 0 Å². The monoisotopic (exact) mass is 179 g/mol. The van der Waals surface area contributed by atoms with Gasteiger partial charge in [0.2, 0.25) is 0 Å². The third-order valence-corrected chi connectivity index (χ3v) is 1.96. The number of anilines is 1. The minimum atomic E-state index is -1.08. The summed E-state index contributed by atoms with van der Waals surface area (Å²) in [7, 11) is 0. The van der Waals surface area contributed by atoms with Crippen molar-refractivity contribution in [2.45, 2.75) is 13.1 Å². The molecular formula is C10H10FNO. The van der Waals surface area contributed by atoms with Crippen molar-refractivity contribution in [3.05, 3.63) is 30.0 Å². The number of rotatable bonds is 1. The molecule has 1 heterocycles. The fourth-order valence-corrected chi connectivity index (χ4v) is 1.26. The number of furan rings is 1. The molecule has 0 aliphatic rings. The molecule has 0 spiro atoms. The fourth-order valence-electron chi connectivity index (χ4n) is 1.26.